The van der Waals surface area contributed by atoms with Crippen molar-refractivity contribution >= 4 is 28.3 Å². The van der Waals surface area contributed by atoms with E-state index in [1.54, 1.807) is 54.6 Å². The number of primary amides is 1. The van der Waals surface area contributed by atoms with Crippen LogP contribution in [0, 0.1) is 12.7 Å². The van der Waals surface area contributed by atoms with E-state index in [-0.39, 0.29) is 18.3 Å². The van der Waals surface area contributed by atoms with Gasteiger partial charge in [0.25, 0.3) is 11.8 Å². The van der Waals surface area contributed by atoms with Crippen molar-refractivity contribution in [3.05, 3.63) is 100 Å². The molecule has 0 atom stereocenters. The second kappa shape index (κ2) is 9.62. The van der Waals surface area contributed by atoms with Crippen LogP contribution in [-0.2, 0) is 6.61 Å². The summed E-state index contributed by atoms with van der Waals surface area (Å²) in [4.78, 5) is 29.7. The molecule has 4 aromatic rings. The Morgan fingerprint density at radius 2 is 1.82 bits per heavy atom. The van der Waals surface area contributed by atoms with Gasteiger partial charge in [0.05, 0.1) is 11.3 Å². The van der Waals surface area contributed by atoms with Crippen LogP contribution in [-0.4, -0.2) is 16.8 Å². The smallest absolute Gasteiger partial charge is 0.257 e. The van der Waals surface area contributed by atoms with Gasteiger partial charge < -0.3 is 10.5 Å². The Bertz CT molecular complexity index is 1320. The second-order valence-electron chi connectivity index (χ2n) is 7.23. The van der Waals surface area contributed by atoms with Gasteiger partial charge in [-0.05, 0) is 61.0 Å². The largest absolute Gasteiger partial charge is 0.488 e. The first-order valence-corrected chi connectivity index (χ1v) is 10.9. The summed E-state index contributed by atoms with van der Waals surface area (Å²) in [6, 6.07) is 19.8. The molecule has 0 aliphatic carbocycles. The Morgan fingerprint density at radius 1 is 1.06 bits per heavy atom. The lowest BCUT2D eigenvalue weighted by atomic mass is 10.1. The highest BCUT2D eigenvalue weighted by molar-refractivity contribution is 7.16. The highest BCUT2D eigenvalue weighted by Crippen LogP contribution is 2.30. The van der Waals surface area contributed by atoms with Crippen molar-refractivity contribution in [1.82, 2.24) is 4.98 Å². The van der Waals surface area contributed by atoms with Crippen molar-refractivity contribution < 1.29 is 18.7 Å². The molecular formula is C25H20FN3O3S. The number of carbonyl (C=O) groups is 2. The van der Waals surface area contributed by atoms with Crippen LogP contribution in [0.2, 0.25) is 0 Å². The van der Waals surface area contributed by atoms with Crippen LogP contribution in [0.5, 0.6) is 5.75 Å². The molecule has 0 aliphatic heterocycles. The van der Waals surface area contributed by atoms with Gasteiger partial charge in [-0.2, -0.15) is 0 Å². The molecule has 4 rings (SSSR count). The van der Waals surface area contributed by atoms with Crippen molar-refractivity contribution in [2.75, 3.05) is 5.32 Å². The lowest BCUT2D eigenvalue weighted by Crippen LogP contribution is -2.13. The van der Waals surface area contributed by atoms with Crippen molar-refractivity contribution in [3.8, 4) is 17.0 Å². The summed E-state index contributed by atoms with van der Waals surface area (Å²) < 4.78 is 18.9. The number of ether oxygens (including phenoxy) is 1. The van der Waals surface area contributed by atoms with Gasteiger partial charge in [0.2, 0.25) is 0 Å². The molecule has 8 heteroatoms. The first kappa shape index (κ1) is 22.2. The SMILES string of the molecule is Cc1sc(NC(=O)c2cccc(COc3ccccc3C(N)=O)c2)nc1-c1ccc(F)cc1. The lowest BCUT2D eigenvalue weighted by Gasteiger charge is -2.10. The maximum atomic E-state index is 13.2. The molecule has 0 fully saturated rings. The maximum absolute atomic E-state index is 13.2. The number of thiazole rings is 1. The van der Waals surface area contributed by atoms with E-state index in [4.69, 9.17) is 10.5 Å². The van der Waals surface area contributed by atoms with Gasteiger partial charge in [-0.25, -0.2) is 9.37 Å². The third-order valence-corrected chi connectivity index (χ3v) is 5.76. The summed E-state index contributed by atoms with van der Waals surface area (Å²) in [5.74, 6) is -0.820. The van der Waals surface area contributed by atoms with Crippen LogP contribution in [0.4, 0.5) is 9.52 Å². The number of nitrogens with zero attached hydrogens (tertiary/aromatic N) is 1. The minimum absolute atomic E-state index is 0.163. The number of benzene rings is 3. The fourth-order valence-electron chi connectivity index (χ4n) is 3.25. The number of hydrogen-bond donors (Lipinski definition) is 2. The Hall–Kier alpha value is -4.04. The topological polar surface area (TPSA) is 94.3 Å². The predicted molar refractivity (Wildman–Crippen MR) is 126 cm³/mol. The van der Waals surface area contributed by atoms with Gasteiger partial charge in [-0.15, -0.1) is 11.3 Å². The summed E-state index contributed by atoms with van der Waals surface area (Å²) in [6.07, 6.45) is 0. The molecule has 3 N–H and O–H groups in total. The molecule has 1 heterocycles. The number of aryl methyl sites for hydroxylation is 1. The minimum Gasteiger partial charge on any atom is -0.488 e. The Kier molecular flexibility index (Phi) is 6.46. The van der Waals surface area contributed by atoms with Crippen molar-refractivity contribution in [3.63, 3.8) is 0 Å². The monoisotopic (exact) mass is 461 g/mol. The zero-order valence-electron chi connectivity index (χ0n) is 17.7. The molecule has 3 aromatic carbocycles. The third kappa shape index (κ3) is 5.24. The van der Waals surface area contributed by atoms with Gasteiger partial charge in [0.1, 0.15) is 18.2 Å². The van der Waals surface area contributed by atoms with Crippen LogP contribution < -0.4 is 15.8 Å². The van der Waals surface area contributed by atoms with E-state index in [1.807, 2.05) is 13.0 Å². The molecule has 6 nitrogen and oxygen atoms in total. The van der Waals surface area contributed by atoms with E-state index < -0.39 is 5.91 Å². The van der Waals surface area contributed by atoms with Gasteiger partial charge in [0.15, 0.2) is 5.13 Å². The van der Waals surface area contributed by atoms with Gasteiger partial charge in [-0.1, -0.05) is 24.3 Å². The maximum Gasteiger partial charge on any atom is 0.257 e. The number of nitrogens with one attached hydrogen (secondary N) is 1. The van der Waals surface area contributed by atoms with E-state index in [2.05, 4.69) is 10.3 Å². The van der Waals surface area contributed by atoms with E-state index in [0.717, 1.165) is 16.0 Å². The highest BCUT2D eigenvalue weighted by atomic mass is 32.1. The first-order valence-electron chi connectivity index (χ1n) is 10.1. The van der Waals surface area contributed by atoms with E-state index in [1.165, 1.54) is 23.5 Å². The first-order chi connectivity index (χ1) is 15.9. The summed E-state index contributed by atoms with van der Waals surface area (Å²) in [6.45, 7) is 2.06. The van der Waals surface area contributed by atoms with Crippen LogP contribution >= 0.6 is 11.3 Å². The quantitative estimate of drug-likeness (QED) is 0.396. The summed E-state index contributed by atoms with van der Waals surface area (Å²) >= 11 is 1.35. The summed E-state index contributed by atoms with van der Waals surface area (Å²) in [5, 5.41) is 3.27. The number of anilines is 1. The molecule has 166 valence electrons. The molecule has 0 bridgehead atoms. The van der Waals surface area contributed by atoms with Crippen LogP contribution in [0.3, 0.4) is 0 Å². The number of para-hydroxylation sites is 1. The fourth-order valence-corrected chi connectivity index (χ4v) is 4.09. The molecule has 0 aliphatic rings. The number of carbonyl (C=O) groups excluding carboxylic acids is 2. The molecule has 0 spiro atoms. The third-order valence-electron chi connectivity index (χ3n) is 4.87. The fraction of sp³-hybridized carbons (Fsp3) is 0.0800. The molecule has 0 saturated carbocycles. The number of hydrogen-bond acceptors (Lipinski definition) is 5. The number of amides is 2. The number of halogens is 1. The van der Waals surface area contributed by atoms with Gasteiger partial charge >= 0.3 is 0 Å². The second-order valence-corrected chi connectivity index (χ2v) is 8.44. The lowest BCUT2D eigenvalue weighted by molar-refractivity contribution is 0.0994. The Morgan fingerprint density at radius 3 is 2.58 bits per heavy atom. The normalized spacial score (nSPS) is 10.6. The number of nitrogens with two attached hydrogens (primary N) is 1. The average Bonchev–Trinajstić information content (AvgIpc) is 3.18. The molecule has 2 amide bonds. The zero-order valence-corrected chi connectivity index (χ0v) is 18.5. The summed E-state index contributed by atoms with van der Waals surface area (Å²) in [5.41, 5.74) is 8.35. The van der Waals surface area contributed by atoms with Crippen molar-refractivity contribution in [2.45, 2.75) is 13.5 Å². The van der Waals surface area contributed by atoms with Crippen molar-refractivity contribution in [1.29, 1.82) is 0 Å². The van der Waals surface area contributed by atoms with Gasteiger partial charge in [0, 0.05) is 16.0 Å². The zero-order chi connectivity index (χ0) is 23.4. The van der Waals surface area contributed by atoms with E-state index in [0.29, 0.717) is 27.7 Å². The Balaban J connectivity index is 1.46. The molecular weight excluding hydrogens is 441 g/mol. The molecule has 0 saturated heterocycles. The Labute approximate surface area is 193 Å². The average molecular weight is 462 g/mol. The van der Waals surface area contributed by atoms with Crippen LogP contribution in [0.25, 0.3) is 11.3 Å². The minimum atomic E-state index is -0.572. The van der Waals surface area contributed by atoms with E-state index >= 15 is 0 Å². The summed E-state index contributed by atoms with van der Waals surface area (Å²) in [7, 11) is 0. The standard InChI is InChI=1S/C25H20FN3O3S/c1-15-22(17-9-11-19(26)12-10-17)28-25(33-15)29-24(31)18-6-4-5-16(13-18)14-32-21-8-3-2-7-20(21)23(27)30/h2-13H,14H2,1H3,(H2,27,30)(H,28,29,31). The number of aromatic nitrogens is 1. The van der Waals surface area contributed by atoms with E-state index in [9.17, 15) is 14.0 Å². The van der Waals surface area contributed by atoms with Gasteiger partial charge in [-0.3, -0.25) is 14.9 Å². The molecule has 33 heavy (non-hydrogen) atoms. The van der Waals surface area contributed by atoms with Crippen LogP contribution in [0.1, 0.15) is 31.2 Å². The van der Waals surface area contributed by atoms with Crippen molar-refractivity contribution in [2.24, 2.45) is 5.73 Å². The van der Waals surface area contributed by atoms with Crippen LogP contribution in [0.15, 0.2) is 72.8 Å². The predicted octanol–water partition coefficient (Wildman–Crippen LogP) is 5.19. The molecule has 1 aromatic heterocycles. The molecule has 0 radical (unpaired) electrons. The highest BCUT2D eigenvalue weighted by Gasteiger charge is 2.14. The molecule has 0 unspecified atom stereocenters. The number of rotatable bonds is 7.